The van der Waals surface area contributed by atoms with E-state index in [1.165, 1.54) is 0 Å². The molecule has 18 heavy (non-hydrogen) atoms. The van der Waals surface area contributed by atoms with Crippen molar-refractivity contribution in [3.63, 3.8) is 0 Å². The number of urea groups is 1. The molecule has 0 saturated carbocycles. The van der Waals surface area contributed by atoms with Gasteiger partial charge in [-0.1, -0.05) is 13.8 Å². The molecule has 0 aliphatic carbocycles. The van der Waals surface area contributed by atoms with Gasteiger partial charge in [0.2, 0.25) is 0 Å². The summed E-state index contributed by atoms with van der Waals surface area (Å²) >= 11 is 0. The van der Waals surface area contributed by atoms with Gasteiger partial charge in [-0.2, -0.15) is 0 Å². The molecule has 0 aromatic heterocycles. The minimum absolute atomic E-state index is 0.00373. The van der Waals surface area contributed by atoms with E-state index in [2.05, 4.69) is 5.32 Å². The van der Waals surface area contributed by atoms with E-state index < -0.39 is 18.0 Å². The molecular weight excluding hydrogens is 236 g/mol. The Hall–Kier alpha value is -1.30. The van der Waals surface area contributed by atoms with Crippen molar-refractivity contribution >= 4 is 12.0 Å². The molecule has 2 amide bonds. The summed E-state index contributed by atoms with van der Waals surface area (Å²) < 4.78 is 0. The van der Waals surface area contributed by atoms with Crippen LogP contribution in [0.4, 0.5) is 4.79 Å². The first-order valence-electron chi connectivity index (χ1n) is 6.20. The fourth-order valence-electron chi connectivity index (χ4n) is 1.54. The fourth-order valence-corrected chi connectivity index (χ4v) is 1.54. The Balaban J connectivity index is 4.61. The topological polar surface area (TPSA) is 89.9 Å². The van der Waals surface area contributed by atoms with E-state index in [4.69, 9.17) is 10.2 Å². The summed E-state index contributed by atoms with van der Waals surface area (Å²) in [6, 6.07) is -1.45. The summed E-state index contributed by atoms with van der Waals surface area (Å²) in [7, 11) is 0. The van der Waals surface area contributed by atoms with Crippen LogP contribution in [0.2, 0.25) is 0 Å². The first kappa shape index (κ1) is 16.7. The zero-order valence-corrected chi connectivity index (χ0v) is 11.5. The molecule has 0 spiro atoms. The standard InChI is InChI=1S/C12H24N2O4/c1-8(2)7-14(9(3)4)12(18)13-10(5-6-15)11(16)17/h8-10,15H,5-7H2,1-4H3,(H,13,18)(H,16,17). The van der Waals surface area contributed by atoms with E-state index in [9.17, 15) is 9.59 Å². The smallest absolute Gasteiger partial charge is 0.326 e. The van der Waals surface area contributed by atoms with Crippen LogP contribution in [0.1, 0.15) is 34.1 Å². The van der Waals surface area contributed by atoms with Crippen LogP contribution in [0.5, 0.6) is 0 Å². The lowest BCUT2D eigenvalue weighted by Crippen LogP contribution is -2.51. The summed E-state index contributed by atoms with van der Waals surface area (Å²) in [6.07, 6.45) is 0.00862. The number of hydrogen-bond acceptors (Lipinski definition) is 3. The molecule has 0 aliphatic heterocycles. The van der Waals surface area contributed by atoms with Crippen LogP contribution >= 0.6 is 0 Å². The van der Waals surface area contributed by atoms with Gasteiger partial charge in [-0.25, -0.2) is 9.59 Å². The lowest BCUT2D eigenvalue weighted by molar-refractivity contribution is -0.139. The second kappa shape index (κ2) is 7.92. The van der Waals surface area contributed by atoms with Gasteiger partial charge < -0.3 is 20.4 Å². The molecule has 0 heterocycles. The van der Waals surface area contributed by atoms with E-state index in [0.29, 0.717) is 12.5 Å². The number of carboxylic acids is 1. The van der Waals surface area contributed by atoms with Gasteiger partial charge in [-0.3, -0.25) is 0 Å². The minimum atomic E-state index is -1.13. The lowest BCUT2D eigenvalue weighted by Gasteiger charge is -2.29. The lowest BCUT2D eigenvalue weighted by atomic mass is 10.2. The van der Waals surface area contributed by atoms with E-state index in [1.54, 1.807) is 4.90 Å². The van der Waals surface area contributed by atoms with Crippen molar-refractivity contribution in [1.29, 1.82) is 0 Å². The van der Waals surface area contributed by atoms with Crippen LogP contribution in [0.25, 0.3) is 0 Å². The Morgan fingerprint density at radius 2 is 1.78 bits per heavy atom. The van der Waals surface area contributed by atoms with Crippen LogP contribution in [-0.2, 0) is 4.79 Å². The Labute approximate surface area is 108 Å². The highest BCUT2D eigenvalue weighted by atomic mass is 16.4. The van der Waals surface area contributed by atoms with Gasteiger partial charge in [0, 0.05) is 25.6 Å². The average Bonchev–Trinajstić information content (AvgIpc) is 2.24. The summed E-state index contributed by atoms with van der Waals surface area (Å²) in [5, 5.41) is 20.1. The second-order valence-corrected chi connectivity index (χ2v) is 4.99. The third-order valence-electron chi connectivity index (χ3n) is 2.46. The summed E-state index contributed by atoms with van der Waals surface area (Å²) in [5.41, 5.74) is 0. The molecule has 0 rings (SSSR count). The summed E-state index contributed by atoms with van der Waals surface area (Å²) in [5.74, 6) is -0.829. The van der Waals surface area contributed by atoms with Crippen molar-refractivity contribution in [2.45, 2.75) is 46.2 Å². The predicted octanol–water partition coefficient (Wildman–Crippen LogP) is 0.898. The van der Waals surface area contributed by atoms with E-state index in [0.717, 1.165) is 0 Å². The van der Waals surface area contributed by atoms with Crippen molar-refractivity contribution in [2.75, 3.05) is 13.2 Å². The van der Waals surface area contributed by atoms with Crippen molar-refractivity contribution in [1.82, 2.24) is 10.2 Å². The number of carboxylic acid groups (broad SMARTS) is 1. The molecule has 0 saturated heterocycles. The molecule has 0 radical (unpaired) electrons. The van der Waals surface area contributed by atoms with E-state index in [1.807, 2.05) is 27.7 Å². The van der Waals surface area contributed by atoms with Gasteiger partial charge in [0.15, 0.2) is 0 Å². The summed E-state index contributed by atoms with van der Waals surface area (Å²) in [6.45, 7) is 8.03. The first-order valence-corrected chi connectivity index (χ1v) is 6.20. The maximum atomic E-state index is 12.0. The number of carbonyl (C=O) groups excluding carboxylic acids is 1. The van der Waals surface area contributed by atoms with Crippen LogP contribution in [0.15, 0.2) is 0 Å². The number of aliphatic carboxylic acids is 1. The average molecular weight is 260 g/mol. The monoisotopic (exact) mass is 260 g/mol. The zero-order valence-electron chi connectivity index (χ0n) is 11.5. The quantitative estimate of drug-likeness (QED) is 0.634. The van der Waals surface area contributed by atoms with Gasteiger partial charge in [0.1, 0.15) is 6.04 Å². The van der Waals surface area contributed by atoms with Crippen LogP contribution < -0.4 is 5.32 Å². The highest BCUT2D eigenvalue weighted by Gasteiger charge is 2.24. The number of nitrogens with one attached hydrogen (secondary N) is 1. The van der Waals surface area contributed by atoms with Gasteiger partial charge in [0.05, 0.1) is 0 Å². The highest BCUT2D eigenvalue weighted by Crippen LogP contribution is 2.05. The number of aliphatic hydroxyl groups is 1. The number of rotatable bonds is 7. The second-order valence-electron chi connectivity index (χ2n) is 4.99. The molecule has 0 aliphatic rings. The molecule has 0 aromatic rings. The number of carbonyl (C=O) groups is 2. The molecule has 0 fully saturated rings. The molecule has 106 valence electrons. The van der Waals surface area contributed by atoms with Gasteiger partial charge in [-0.15, -0.1) is 0 Å². The third kappa shape index (κ3) is 5.86. The molecule has 1 atom stereocenters. The van der Waals surface area contributed by atoms with Gasteiger partial charge in [-0.05, 0) is 19.8 Å². The van der Waals surface area contributed by atoms with Crippen molar-refractivity contribution < 1.29 is 19.8 Å². The van der Waals surface area contributed by atoms with Crippen LogP contribution in [0, 0.1) is 5.92 Å². The molecule has 1 unspecified atom stereocenters. The van der Waals surface area contributed by atoms with Crippen molar-refractivity contribution in [3.8, 4) is 0 Å². The van der Waals surface area contributed by atoms with Gasteiger partial charge in [0.25, 0.3) is 0 Å². The highest BCUT2D eigenvalue weighted by molar-refractivity contribution is 5.82. The Bertz CT molecular complexity index is 279. The molecule has 6 nitrogen and oxygen atoms in total. The Kier molecular flexibility index (Phi) is 7.35. The molecule has 6 heteroatoms. The number of hydrogen-bond donors (Lipinski definition) is 3. The molecular formula is C12H24N2O4. The maximum absolute atomic E-state index is 12.0. The minimum Gasteiger partial charge on any atom is -0.480 e. The number of amides is 2. The largest absolute Gasteiger partial charge is 0.480 e. The summed E-state index contributed by atoms with van der Waals surface area (Å²) in [4.78, 5) is 24.5. The Morgan fingerprint density at radius 1 is 1.22 bits per heavy atom. The van der Waals surface area contributed by atoms with Gasteiger partial charge >= 0.3 is 12.0 Å². The van der Waals surface area contributed by atoms with E-state index >= 15 is 0 Å². The fraction of sp³-hybridized carbons (Fsp3) is 0.833. The predicted molar refractivity (Wildman–Crippen MR) is 68.3 cm³/mol. The van der Waals surface area contributed by atoms with Crippen LogP contribution in [0.3, 0.4) is 0 Å². The maximum Gasteiger partial charge on any atom is 0.326 e. The van der Waals surface area contributed by atoms with Crippen molar-refractivity contribution in [3.05, 3.63) is 0 Å². The Morgan fingerprint density at radius 3 is 2.11 bits per heavy atom. The normalized spacial score (nSPS) is 12.6. The SMILES string of the molecule is CC(C)CN(C(=O)NC(CCO)C(=O)O)C(C)C. The third-order valence-corrected chi connectivity index (χ3v) is 2.46. The van der Waals surface area contributed by atoms with E-state index in [-0.39, 0.29) is 19.1 Å². The molecule has 0 bridgehead atoms. The van der Waals surface area contributed by atoms with Crippen molar-refractivity contribution in [2.24, 2.45) is 5.92 Å². The zero-order chi connectivity index (χ0) is 14.3. The first-order chi connectivity index (χ1) is 8.29. The molecule has 3 N–H and O–H groups in total. The van der Waals surface area contributed by atoms with Crippen LogP contribution in [-0.4, -0.2) is 52.3 Å². The molecule has 0 aromatic carbocycles. The number of nitrogens with zero attached hydrogens (tertiary/aromatic N) is 1. The number of aliphatic hydroxyl groups excluding tert-OH is 1.